The summed E-state index contributed by atoms with van der Waals surface area (Å²) in [6.45, 7) is 4.80. The molecule has 4 nitrogen and oxygen atoms in total. The van der Waals surface area contributed by atoms with Gasteiger partial charge in [0.15, 0.2) is 5.96 Å². The van der Waals surface area contributed by atoms with Gasteiger partial charge in [-0.2, -0.15) is 0 Å². The molecule has 0 aliphatic heterocycles. The van der Waals surface area contributed by atoms with E-state index in [0.29, 0.717) is 11.5 Å². The zero-order chi connectivity index (χ0) is 13.6. The minimum Gasteiger partial charge on any atom is -0.385 e. The smallest absolute Gasteiger partial charge is 0.191 e. The van der Waals surface area contributed by atoms with E-state index in [1.165, 1.54) is 12.8 Å². The normalized spacial score (nSPS) is 20.6. The molecule has 5 heteroatoms. The summed E-state index contributed by atoms with van der Waals surface area (Å²) in [6.07, 6.45) is 10.4. The van der Waals surface area contributed by atoms with E-state index in [-0.39, 0.29) is 24.0 Å². The van der Waals surface area contributed by atoms with Gasteiger partial charge in [-0.25, -0.2) is 0 Å². The SMILES string of the molecule is CCNC(=NCC1(CCOC)CC1)NC1CC=CC1.I. The van der Waals surface area contributed by atoms with Crippen molar-refractivity contribution in [3.63, 3.8) is 0 Å². The first kappa shape index (κ1) is 17.8. The molecular formula is C15H28IN3O. The van der Waals surface area contributed by atoms with Crippen LogP contribution in [-0.4, -0.2) is 38.8 Å². The second-order valence-corrected chi connectivity index (χ2v) is 5.72. The Kier molecular flexibility index (Phi) is 7.87. The molecule has 2 N–H and O–H groups in total. The Morgan fingerprint density at radius 1 is 1.35 bits per heavy atom. The lowest BCUT2D eigenvalue weighted by molar-refractivity contribution is 0.174. The number of methoxy groups -OCH3 is 1. The van der Waals surface area contributed by atoms with Gasteiger partial charge >= 0.3 is 0 Å². The highest BCUT2D eigenvalue weighted by Crippen LogP contribution is 2.48. The summed E-state index contributed by atoms with van der Waals surface area (Å²) in [5, 5.41) is 6.86. The first-order chi connectivity index (χ1) is 9.28. The van der Waals surface area contributed by atoms with Crippen LogP contribution in [-0.2, 0) is 4.74 Å². The Morgan fingerprint density at radius 2 is 2.05 bits per heavy atom. The van der Waals surface area contributed by atoms with Crippen LogP contribution in [0.5, 0.6) is 0 Å². The number of nitrogens with zero attached hydrogens (tertiary/aromatic N) is 1. The number of aliphatic imine (C=N–C) groups is 1. The monoisotopic (exact) mass is 393 g/mol. The van der Waals surface area contributed by atoms with E-state index < -0.39 is 0 Å². The molecule has 0 spiro atoms. The predicted molar refractivity (Wildman–Crippen MR) is 94.9 cm³/mol. The molecule has 0 saturated heterocycles. The Balaban J connectivity index is 0.00000200. The fourth-order valence-electron chi connectivity index (χ4n) is 2.48. The van der Waals surface area contributed by atoms with Crippen LogP contribution in [0.3, 0.4) is 0 Å². The van der Waals surface area contributed by atoms with Crippen LogP contribution in [0.15, 0.2) is 17.1 Å². The van der Waals surface area contributed by atoms with Crippen LogP contribution in [0.4, 0.5) is 0 Å². The van der Waals surface area contributed by atoms with E-state index >= 15 is 0 Å². The van der Waals surface area contributed by atoms with Crippen molar-refractivity contribution in [1.82, 2.24) is 10.6 Å². The van der Waals surface area contributed by atoms with Crippen molar-refractivity contribution >= 4 is 29.9 Å². The van der Waals surface area contributed by atoms with Gasteiger partial charge in [-0.1, -0.05) is 12.2 Å². The quantitative estimate of drug-likeness (QED) is 0.303. The Bertz CT molecular complexity index is 332. The van der Waals surface area contributed by atoms with Crippen molar-refractivity contribution < 1.29 is 4.74 Å². The molecule has 2 rings (SSSR count). The van der Waals surface area contributed by atoms with Gasteiger partial charge in [0.25, 0.3) is 0 Å². The van der Waals surface area contributed by atoms with Gasteiger partial charge in [0.2, 0.25) is 0 Å². The molecular weight excluding hydrogens is 365 g/mol. The maximum atomic E-state index is 5.19. The molecule has 0 radical (unpaired) electrons. The van der Waals surface area contributed by atoms with Gasteiger partial charge in [0.1, 0.15) is 0 Å². The lowest BCUT2D eigenvalue weighted by Crippen LogP contribution is -2.42. The van der Waals surface area contributed by atoms with Crippen LogP contribution in [0.25, 0.3) is 0 Å². The minimum absolute atomic E-state index is 0. The molecule has 1 fully saturated rings. The fraction of sp³-hybridized carbons (Fsp3) is 0.800. The van der Waals surface area contributed by atoms with E-state index in [0.717, 1.165) is 44.9 Å². The molecule has 0 unspecified atom stereocenters. The van der Waals surface area contributed by atoms with E-state index in [1.807, 2.05) is 0 Å². The van der Waals surface area contributed by atoms with E-state index in [4.69, 9.17) is 9.73 Å². The molecule has 0 amide bonds. The highest BCUT2D eigenvalue weighted by molar-refractivity contribution is 14.0. The summed E-state index contributed by atoms with van der Waals surface area (Å²) < 4.78 is 5.19. The van der Waals surface area contributed by atoms with Crippen LogP contribution >= 0.6 is 24.0 Å². The van der Waals surface area contributed by atoms with Crippen LogP contribution in [0, 0.1) is 5.41 Å². The summed E-state index contributed by atoms with van der Waals surface area (Å²) in [7, 11) is 1.78. The molecule has 0 atom stereocenters. The third-order valence-corrected chi connectivity index (χ3v) is 4.06. The molecule has 2 aliphatic carbocycles. The van der Waals surface area contributed by atoms with Crippen molar-refractivity contribution in [1.29, 1.82) is 0 Å². The number of hydrogen-bond acceptors (Lipinski definition) is 2. The largest absolute Gasteiger partial charge is 0.385 e. The Hall–Kier alpha value is -0.300. The highest BCUT2D eigenvalue weighted by atomic mass is 127. The van der Waals surface area contributed by atoms with Crippen LogP contribution in [0.1, 0.15) is 39.0 Å². The van der Waals surface area contributed by atoms with E-state index in [1.54, 1.807) is 7.11 Å². The molecule has 2 aliphatic rings. The van der Waals surface area contributed by atoms with Crippen molar-refractivity contribution in [2.75, 3.05) is 26.8 Å². The number of ether oxygens (including phenoxy) is 1. The van der Waals surface area contributed by atoms with Crippen molar-refractivity contribution in [2.24, 2.45) is 10.4 Å². The molecule has 0 aromatic rings. The Morgan fingerprint density at radius 3 is 2.60 bits per heavy atom. The fourth-order valence-corrected chi connectivity index (χ4v) is 2.48. The lowest BCUT2D eigenvalue weighted by Gasteiger charge is -2.18. The predicted octanol–water partition coefficient (Wildman–Crippen LogP) is 2.69. The number of nitrogens with one attached hydrogen (secondary N) is 2. The third-order valence-electron chi connectivity index (χ3n) is 4.06. The van der Waals surface area contributed by atoms with Crippen LogP contribution < -0.4 is 10.6 Å². The number of guanidine groups is 1. The van der Waals surface area contributed by atoms with Gasteiger partial charge in [0, 0.05) is 32.8 Å². The first-order valence-corrected chi connectivity index (χ1v) is 7.47. The van der Waals surface area contributed by atoms with Gasteiger partial charge in [-0.3, -0.25) is 4.99 Å². The average molecular weight is 393 g/mol. The number of halogens is 1. The maximum Gasteiger partial charge on any atom is 0.191 e. The zero-order valence-electron chi connectivity index (χ0n) is 12.7. The zero-order valence-corrected chi connectivity index (χ0v) is 15.0. The van der Waals surface area contributed by atoms with Crippen LogP contribution in [0.2, 0.25) is 0 Å². The summed E-state index contributed by atoms with van der Waals surface area (Å²) >= 11 is 0. The van der Waals surface area contributed by atoms with Gasteiger partial charge in [-0.15, -0.1) is 24.0 Å². The van der Waals surface area contributed by atoms with Gasteiger partial charge < -0.3 is 15.4 Å². The highest BCUT2D eigenvalue weighted by Gasteiger charge is 2.41. The minimum atomic E-state index is 0. The molecule has 0 bridgehead atoms. The number of rotatable bonds is 7. The molecule has 1 saturated carbocycles. The van der Waals surface area contributed by atoms with Crippen molar-refractivity contribution in [3.05, 3.63) is 12.2 Å². The van der Waals surface area contributed by atoms with E-state index in [9.17, 15) is 0 Å². The molecule has 0 heterocycles. The summed E-state index contributed by atoms with van der Waals surface area (Å²) in [6, 6.07) is 0.520. The van der Waals surface area contributed by atoms with Gasteiger partial charge in [0.05, 0.1) is 0 Å². The summed E-state index contributed by atoms with van der Waals surface area (Å²) in [4.78, 5) is 4.78. The summed E-state index contributed by atoms with van der Waals surface area (Å²) in [5.41, 5.74) is 0.423. The van der Waals surface area contributed by atoms with E-state index in [2.05, 4.69) is 29.7 Å². The molecule has 0 aromatic carbocycles. The molecule has 0 aromatic heterocycles. The second kappa shape index (κ2) is 8.87. The van der Waals surface area contributed by atoms with Crippen molar-refractivity contribution in [3.8, 4) is 0 Å². The lowest BCUT2D eigenvalue weighted by atomic mass is 10.0. The molecule has 116 valence electrons. The standard InChI is InChI=1S/C15H27N3O.HI/c1-3-16-14(18-13-6-4-5-7-13)17-12-15(8-9-15)10-11-19-2;/h4-5,13H,3,6-12H2,1-2H3,(H2,16,17,18);1H. The third kappa shape index (κ3) is 5.60. The average Bonchev–Trinajstić information content (AvgIpc) is 3.01. The molecule has 20 heavy (non-hydrogen) atoms. The summed E-state index contributed by atoms with van der Waals surface area (Å²) in [5.74, 6) is 0.972. The number of hydrogen-bond donors (Lipinski definition) is 2. The van der Waals surface area contributed by atoms with Crippen molar-refractivity contribution in [2.45, 2.75) is 45.1 Å². The maximum absolute atomic E-state index is 5.19. The Labute approximate surface area is 139 Å². The topological polar surface area (TPSA) is 45.7 Å². The first-order valence-electron chi connectivity index (χ1n) is 7.47. The second-order valence-electron chi connectivity index (χ2n) is 5.72. The van der Waals surface area contributed by atoms with Gasteiger partial charge in [-0.05, 0) is 44.4 Å².